The van der Waals surface area contributed by atoms with Crippen LogP contribution in [-0.4, -0.2) is 0 Å². The van der Waals surface area contributed by atoms with E-state index in [1.165, 1.54) is 0 Å². The van der Waals surface area contributed by atoms with Gasteiger partial charge in [0.15, 0.2) is 0 Å². The van der Waals surface area contributed by atoms with Crippen molar-refractivity contribution < 1.29 is 0 Å². The molecule has 0 heterocycles. The number of benzene rings is 1. The molecule has 3 heteroatoms. The second-order valence-electron chi connectivity index (χ2n) is 1.64. The van der Waals surface area contributed by atoms with E-state index in [0.717, 1.165) is 0 Å². The van der Waals surface area contributed by atoms with Crippen LogP contribution < -0.4 is 5.73 Å². The van der Waals surface area contributed by atoms with Crippen molar-refractivity contribution in [3.8, 4) is 0 Å². The van der Waals surface area contributed by atoms with E-state index in [9.17, 15) is 0 Å². The largest absolute Gasteiger partial charge is 0.397 e. The molecule has 0 unspecified atom stereocenters. The first-order valence-electron chi connectivity index (χ1n) is 3.41. The van der Waals surface area contributed by atoms with Gasteiger partial charge in [-0.2, -0.15) is 0 Å². The second kappa shape index (κ2) is 5.28. The zero-order valence-electron chi connectivity index (χ0n) is 6.57. The molecule has 2 N–H and O–H groups in total. The summed E-state index contributed by atoms with van der Waals surface area (Å²) in [6.07, 6.45) is 0. The summed E-state index contributed by atoms with van der Waals surface area (Å²) < 4.78 is 0. The Balaban J connectivity index is 0.000000461. The molecule has 1 aromatic rings. The summed E-state index contributed by atoms with van der Waals surface area (Å²) in [6, 6.07) is 5.15. The molecule has 0 radical (unpaired) electrons. The fourth-order valence-electron chi connectivity index (χ4n) is 0.520. The first-order chi connectivity index (χ1) is 5.22. The van der Waals surface area contributed by atoms with Crippen molar-refractivity contribution in [1.29, 1.82) is 0 Å². The Morgan fingerprint density at radius 3 is 2.09 bits per heavy atom. The maximum absolute atomic E-state index is 5.62. The van der Waals surface area contributed by atoms with Crippen molar-refractivity contribution in [2.45, 2.75) is 13.8 Å². The van der Waals surface area contributed by atoms with E-state index in [4.69, 9.17) is 28.9 Å². The highest BCUT2D eigenvalue weighted by Gasteiger charge is 1.97. The van der Waals surface area contributed by atoms with Gasteiger partial charge in [-0.1, -0.05) is 43.1 Å². The first-order valence-corrected chi connectivity index (χ1v) is 4.17. The Hall–Kier alpha value is -0.400. The second-order valence-corrected chi connectivity index (χ2v) is 2.43. The average Bonchev–Trinajstić information content (AvgIpc) is 2.04. The van der Waals surface area contributed by atoms with Crippen LogP contribution in [0.2, 0.25) is 10.0 Å². The van der Waals surface area contributed by atoms with Crippen LogP contribution in [0.25, 0.3) is 0 Å². The van der Waals surface area contributed by atoms with E-state index in [0.29, 0.717) is 15.7 Å². The van der Waals surface area contributed by atoms with Crippen molar-refractivity contribution in [3.05, 3.63) is 28.2 Å². The van der Waals surface area contributed by atoms with Gasteiger partial charge >= 0.3 is 0 Å². The molecular weight excluding hydrogens is 181 g/mol. The van der Waals surface area contributed by atoms with Crippen LogP contribution >= 0.6 is 23.2 Å². The van der Waals surface area contributed by atoms with Crippen molar-refractivity contribution in [2.75, 3.05) is 5.73 Å². The standard InChI is InChI=1S/C6H5Cl2N.C2H6/c7-4-2-1-3-5(9)6(4)8;1-2/h1-3H,9H2;1-2H3. The van der Waals surface area contributed by atoms with Gasteiger partial charge in [0.2, 0.25) is 0 Å². The lowest BCUT2D eigenvalue weighted by Gasteiger charge is -1.96. The summed E-state index contributed by atoms with van der Waals surface area (Å²) in [6.45, 7) is 4.00. The normalized spacial score (nSPS) is 8.36. The Kier molecular flexibility index (Phi) is 5.08. The van der Waals surface area contributed by atoms with Crippen LogP contribution in [0.1, 0.15) is 13.8 Å². The van der Waals surface area contributed by atoms with Crippen molar-refractivity contribution in [1.82, 2.24) is 0 Å². The molecule has 0 aliphatic heterocycles. The van der Waals surface area contributed by atoms with E-state index in [1.807, 2.05) is 13.8 Å². The molecule has 1 rings (SSSR count). The van der Waals surface area contributed by atoms with Crippen LogP contribution in [0.4, 0.5) is 5.69 Å². The highest BCUT2D eigenvalue weighted by molar-refractivity contribution is 6.43. The summed E-state index contributed by atoms with van der Waals surface area (Å²) in [7, 11) is 0. The maximum Gasteiger partial charge on any atom is 0.0821 e. The number of halogens is 2. The summed E-state index contributed by atoms with van der Waals surface area (Å²) >= 11 is 11.2. The zero-order chi connectivity index (χ0) is 8.85. The molecule has 0 atom stereocenters. The fourth-order valence-corrected chi connectivity index (χ4v) is 0.828. The lowest BCUT2D eigenvalue weighted by Crippen LogP contribution is -1.84. The Bertz CT molecular complexity index is 203. The van der Waals surface area contributed by atoms with Crippen LogP contribution in [0, 0.1) is 0 Å². The van der Waals surface area contributed by atoms with Gasteiger partial charge in [-0.15, -0.1) is 0 Å². The van der Waals surface area contributed by atoms with E-state index >= 15 is 0 Å². The third-order valence-electron chi connectivity index (χ3n) is 0.981. The molecule has 0 aliphatic rings. The average molecular weight is 192 g/mol. The molecule has 0 amide bonds. The van der Waals surface area contributed by atoms with E-state index in [2.05, 4.69) is 0 Å². The van der Waals surface area contributed by atoms with Gasteiger partial charge in [-0.25, -0.2) is 0 Å². The van der Waals surface area contributed by atoms with Crippen LogP contribution in [-0.2, 0) is 0 Å². The molecule has 62 valence electrons. The van der Waals surface area contributed by atoms with Crippen LogP contribution in [0.3, 0.4) is 0 Å². The number of nitrogen functional groups attached to an aromatic ring is 1. The summed E-state index contributed by atoms with van der Waals surface area (Å²) in [5.41, 5.74) is 5.92. The van der Waals surface area contributed by atoms with Crippen molar-refractivity contribution >= 4 is 28.9 Å². The molecule has 0 aliphatic carbocycles. The highest BCUT2D eigenvalue weighted by Crippen LogP contribution is 2.26. The predicted octanol–water partition coefficient (Wildman–Crippen LogP) is 3.60. The lowest BCUT2D eigenvalue weighted by molar-refractivity contribution is 1.50. The van der Waals surface area contributed by atoms with Gasteiger partial charge in [0.25, 0.3) is 0 Å². The highest BCUT2D eigenvalue weighted by atomic mass is 35.5. The lowest BCUT2D eigenvalue weighted by atomic mass is 10.3. The molecular formula is C8H11Cl2N. The molecule has 0 saturated heterocycles. The van der Waals surface area contributed by atoms with Crippen molar-refractivity contribution in [2.24, 2.45) is 0 Å². The van der Waals surface area contributed by atoms with Crippen LogP contribution in [0.5, 0.6) is 0 Å². The fraction of sp³-hybridized carbons (Fsp3) is 0.250. The summed E-state index contributed by atoms with van der Waals surface area (Å²) in [5.74, 6) is 0. The summed E-state index contributed by atoms with van der Waals surface area (Å²) in [4.78, 5) is 0. The van der Waals surface area contributed by atoms with Crippen molar-refractivity contribution in [3.63, 3.8) is 0 Å². The van der Waals surface area contributed by atoms with Crippen LogP contribution in [0.15, 0.2) is 18.2 Å². The zero-order valence-corrected chi connectivity index (χ0v) is 8.08. The van der Waals surface area contributed by atoms with E-state index in [-0.39, 0.29) is 0 Å². The smallest absolute Gasteiger partial charge is 0.0821 e. The van der Waals surface area contributed by atoms with Gasteiger partial charge in [0, 0.05) is 0 Å². The van der Waals surface area contributed by atoms with E-state index in [1.54, 1.807) is 18.2 Å². The topological polar surface area (TPSA) is 26.0 Å². The number of nitrogens with two attached hydrogens (primary N) is 1. The minimum absolute atomic E-state index is 0.430. The molecule has 0 bridgehead atoms. The molecule has 0 spiro atoms. The Morgan fingerprint density at radius 1 is 1.18 bits per heavy atom. The minimum Gasteiger partial charge on any atom is -0.397 e. The number of anilines is 1. The molecule has 0 fully saturated rings. The molecule has 1 aromatic carbocycles. The number of hydrogen-bond donors (Lipinski definition) is 1. The number of hydrogen-bond acceptors (Lipinski definition) is 1. The quantitative estimate of drug-likeness (QED) is 0.624. The first kappa shape index (κ1) is 10.6. The summed E-state index contributed by atoms with van der Waals surface area (Å²) in [5, 5.41) is 0.927. The molecule has 0 aromatic heterocycles. The SMILES string of the molecule is CC.Nc1cccc(Cl)c1Cl. The van der Waals surface area contributed by atoms with Gasteiger partial charge in [0.1, 0.15) is 0 Å². The van der Waals surface area contributed by atoms with Gasteiger partial charge in [0.05, 0.1) is 15.7 Å². The van der Waals surface area contributed by atoms with Gasteiger partial charge in [-0.3, -0.25) is 0 Å². The van der Waals surface area contributed by atoms with Gasteiger partial charge < -0.3 is 5.73 Å². The molecule has 1 nitrogen and oxygen atoms in total. The Labute approximate surface area is 77.1 Å². The van der Waals surface area contributed by atoms with Gasteiger partial charge in [-0.05, 0) is 12.1 Å². The molecule has 0 saturated carbocycles. The minimum atomic E-state index is 0.430. The molecule has 11 heavy (non-hydrogen) atoms. The Morgan fingerprint density at radius 2 is 1.73 bits per heavy atom. The monoisotopic (exact) mass is 191 g/mol. The van der Waals surface area contributed by atoms with E-state index < -0.39 is 0 Å². The predicted molar refractivity (Wildman–Crippen MR) is 52.2 cm³/mol. The maximum atomic E-state index is 5.62. The third-order valence-corrected chi connectivity index (χ3v) is 1.81. The number of rotatable bonds is 0. The third kappa shape index (κ3) is 3.00.